The zero-order chi connectivity index (χ0) is 21.0. The van der Waals surface area contributed by atoms with E-state index in [1.807, 2.05) is 17.0 Å². The van der Waals surface area contributed by atoms with E-state index in [1.54, 1.807) is 11.3 Å². The number of hydrogen-bond donors (Lipinski definition) is 0. The normalized spacial score (nSPS) is 18.1. The molecule has 4 aromatic rings. The van der Waals surface area contributed by atoms with Crippen molar-refractivity contribution in [2.75, 3.05) is 10.7 Å². The van der Waals surface area contributed by atoms with Crippen LogP contribution in [0, 0.1) is 6.92 Å². The highest BCUT2D eigenvalue weighted by molar-refractivity contribution is 7.99. The minimum Gasteiger partial charge on any atom is -0.306 e. The van der Waals surface area contributed by atoms with E-state index in [9.17, 15) is 4.79 Å². The molecule has 0 spiro atoms. The molecule has 1 atom stereocenters. The monoisotopic (exact) mass is 436 g/mol. The van der Waals surface area contributed by atoms with Gasteiger partial charge in [-0.2, -0.15) is 0 Å². The zero-order valence-corrected chi connectivity index (χ0v) is 19.2. The number of thiazole rings is 1. The maximum Gasteiger partial charge on any atom is 0.237 e. The average molecular weight is 437 g/mol. The van der Waals surface area contributed by atoms with Gasteiger partial charge >= 0.3 is 0 Å². The summed E-state index contributed by atoms with van der Waals surface area (Å²) >= 11 is 3.08. The molecular weight excluding hydrogens is 412 g/mol. The molecule has 0 radical (unpaired) electrons. The summed E-state index contributed by atoms with van der Waals surface area (Å²) in [6.45, 7) is 8.69. The summed E-state index contributed by atoms with van der Waals surface area (Å²) in [5, 5.41) is 9.43. The van der Waals surface area contributed by atoms with Crippen molar-refractivity contribution in [1.82, 2.24) is 14.6 Å². The van der Waals surface area contributed by atoms with Gasteiger partial charge < -0.3 is 4.90 Å². The van der Waals surface area contributed by atoms with Gasteiger partial charge in [-0.15, -0.1) is 10.2 Å². The summed E-state index contributed by atoms with van der Waals surface area (Å²) in [5.41, 5.74) is 4.40. The van der Waals surface area contributed by atoms with Crippen molar-refractivity contribution in [2.45, 2.75) is 50.7 Å². The van der Waals surface area contributed by atoms with Gasteiger partial charge in [0, 0.05) is 11.2 Å². The molecule has 0 N–H and O–H groups in total. The van der Waals surface area contributed by atoms with Crippen LogP contribution in [0.3, 0.4) is 0 Å². The van der Waals surface area contributed by atoms with Gasteiger partial charge in [0.25, 0.3) is 0 Å². The average Bonchev–Trinajstić information content (AvgIpc) is 3.25. The van der Waals surface area contributed by atoms with E-state index >= 15 is 0 Å². The Morgan fingerprint density at radius 1 is 1.23 bits per heavy atom. The number of aromatic nitrogens is 3. The second-order valence-electron chi connectivity index (χ2n) is 8.67. The first-order valence-electron chi connectivity index (χ1n) is 10.1. The minimum atomic E-state index is -0.228. The molecule has 3 heterocycles. The Balaban J connectivity index is 1.46. The highest BCUT2D eigenvalue weighted by Gasteiger charge is 2.39. The Bertz CT molecular complexity index is 1270. The van der Waals surface area contributed by atoms with Gasteiger partial charge in [-0.3, -0.25) is 9.20 Å². The standard InChI is InChI=1S/C23H24N4OS2/c1-14-9-10-17-16(11-14)15(2)12-23(3,4)27(17)20(28)13-29-21-24-25-22-26(21)18-7-5-6-8-19(18)30-22/h5-11,15H,12-13H2,1-4H3. The molecule has 1 unspecified atom stereocenters. The third-order valence-electron chi connectivity index (χ3n) is 5.85. The van der Waals surface area contributed by atoms with Gasteiger partial charge in [0.15, 0.2) is 5.16 Å². The molecule has 1 aliphatic rings. The fourth-order valence-corrected chi connectivity index (χ4v) is 6.48. The number of carbonyl (C=O) groups excluding carboxylic acids is 1. The van der Waals surface area contributed by atoms with E-state index in [2.05, 4.69) is 72.6 Å². The first-order chi connectivity index (χ1) is 14.3. The molecule has 0 saturated carbocycles. The Hall–Kier alpha value is -2.38. The van der Waals surface area contributed by atoms with Gasteiger partial charge in [0.1, 0.15) is 0 Å². The largest absolute Gasteiger partial charge is 0.306 e. The number of nitrogens with zero attached hydrogens (tertiary/aromatic N) is 4. The molecule has 1 aliphatic heterocycles. The number of fused-ring (bicyclic) bond motifs is 4. The fraction of sp³-hybridized carbons (Fsp3) is 0.348. The van der Waals surface area contributed by atoms with E-state index in [0.29, 0.717) is 11.7 Å². The molecule has 154 valence electrons. The molecule has 5 nitrogen and oxygen atoms in total. The van der Waals surface area contributed by atoms with Crippen molar-refractivity contribution in [3.8, 4) is 0 Å². The SMILES string of the molecule is Cc1ccc2c(c1)C(C)CC(C)(C)N2C(=O)CSc1nnc2sc3ccccc3n12. The first-order valence-corrected chi connectivity index (χ1v) is 11.9. The second kappa shape index (κ2) is 7.10. The fourth-order valence-electron chi connectivity index (χ4n) is 4.66. The Morgan fingerprint density at radius 3 is 2.87 bits per heavy atom. The zero-order valence-electron chi connectivity index (χ0n) is 17.5. The van der Waals surface area contributed by atoms with Crippen LogP contribution in [0.1, 0.15) is 44.2 Å². The third-order valence-corrected chi connectivity index (χ3v) is 7.78. The number of amides is 1. The van der Waals surface area contributed by atoms with E-state index in [0.717, 1.165) is 27.7 Å². The first kappa shape index (κ1) is 19.6. The molecule has 1 amide bonds. The summed E-state index contributed by atoms with van der Waals surface area (Å²) < 4.78 is 3.23. The molecule has 0 saturated heterocycles. The minimum absolute atomic E-state index is 0.110. The molecule has 5 rings (SSSR count). The van der Waals surface area contributed by atoms with E-state index in [1.165, 1.54) is 27.6 Å². The molecule has 30 heavy (non-hydrogen) atoms. The molecule has 0 fully saturated rings. The Kier molecular flexibility index (Phi) is 4.63. The quantitative estimate of drug-likeness (QED) is 0.389. The molecule has 0 aliphatic carbocycles. The van der Waals surface area contributed by atoms with Crippen LogP contribution >= 0.6 is 23.1 Å². The van der Waals surface area contributed by atoms with Crippen LogP contribution in [0.5, 0.6) is 0 Å². The summed E-state index contributed by atoms with van der Waals surface area (Å²) in [6.07, 6.45) is 0.949. The van der Waals surface area contributed by atoms with Crippen LogP contribution in [0.15, 0.2) is 47.6 Å². The Morgan fingerprint density at radius 2 is 2.03 bits per heavy atom. The van der Waals surface area contributed by atoms with E-state index < -0.39 is 0 Å². The molecule has 2 aromatic heterocycles. The highest BCUT2D eigenvalue weighted by Crippen LogP contribution is 2.44. The van der Waals surface area contributed by atoms with Crippen LogP contribution < -0.4 is 4.90 Å². The maximum absolute atomic E-state index is 13.5. The highest BCUT2D eigenvalue weighted by atomic mass is 32.2. The predicted molar refractivity (Wildman–Crippen MR) is 125 cm³/mol. The van der Waals surface area contributed by atoms with Crippen molar-refractivity contribution in [1.29, 1.82) is 0 Å². The molecule has 0 bridgehead atoms. The van der Waals surface area contributed by atoms with E-state index in [4.69, 9.17) is 0 Å². The number of aryl methyl sites for hydroxylation is 1. The molecule has 7 heteroatoms. The summed E-state index contributed by atoms with van der Waals surface area (Å²) in [5.74, 6) is 0.869. The van der Waals surface area contributed by atoms with Crippen LogP contribution in [0.4, 0.5) is 5.69 Å². The topological polar surface area (TPSA) is 50.5 Å². The van der Waals surface area contributed by atoms with Crippen LogP contribution in [0.25, 0.3) is 15.2 Å². The van der Waals surface area contributed by atoms with Crippen molar-refractivity contribution in [3.05, 3.63) is 53.6 Å². The third kappa shape index (κ3) is 3.11. The summed E-state index contributed by atoms with van der Waals surface area (Å²) in [4.78, 5) is 16.3. The number of benzene rings is 2. The van der Waals surface area contributed by atoms with Crippen molar-refractivity contribution < 1.29 is 4.79 Å². The van der Waals surface area contributed by atoms with Gasteiger partial charge in [0.2, 0.25) is 10.9 Å². The predicted octanol–water partition coefficient (Wildman–Crippen LogP) is 5.66. The molecule has 2 aromatic carbocycles. The van der Waals surface area contributed by atoms with Gasteiger partial charge in [-0.05, 0) is 56.9 Å². The Labute approximate surface area is 184 Å². The molecular formula is C23H24N4OS2. The van der Waals surface area contributed by atoms with Crippen molar-refractivity contribution in [2.24, 2.45) is 0 Å². The smallest absolute Gasteiger partial charge is 0.237 e. The number of hydrogen-bond acceptors (Lipinski definition) is 5. The van der Waals surface area contributed by atoms with Crippen LogP contribution in [-0.2, 0) is 4.79 Å². The van der Waals surface area contributed by atoms with Crippen LogP contribution in [0.2, 0.25) is 0 Å². The second-order valence-corrected chi connectivity index (χ2v) is 10.6. The summed E-state index contributed by atoms with van der Waals surface area (Å²) in [6, 6.07) is 14.6. The number of anilines is 1. The lowest BCUT2D eigenvalue weighted by Gasteiger charge is -2.46. The number of carbonyl (C=O) groups is 1. The maximum atomic E-state index is 13.5. The lowest BCUT2D eigenvalue weighted by atomic mass is 9.79. The van der Waals surface area contributed by atoms with Gasteiger partial charge in [0.05, 0.1) is 16.0 Å². The van der Waals surface area contributed by atoms with Gasteiger partial charge in [-0.1, -0.05) is 59.9 Å². The number of para-hydroxylation sites is 1. The van der Waals surface area contributed by atoms with Crippen molar-refractivity contribution >= 4 is 49.9 Å². The number of rotatable bonds is 3. The van der Waals surface area contributed by atoms with Gasteiger partial charge in [-0.25, -0.2) is 0 Å². The van der Waals surface area contributed by atoms with Crippen molar-refractivity contribution in [3.63, 3.8) is 0 Å². The summed E-state index contributed by atoms with van der Waals surface area (Å²) in [7, 11) is 0. The lowest BCUT2D eigenvalue weighted by molar-refractivity contribution is -0.117. The van der Waals surface area contributed by atoms with Crippen LogP contribution in [-0.4, -0.2) is 31.8 Å². The van der Waals surface area contributed by atoms with E-state index in [-0.39, 0.29) is 11.4 Å². The number of thioether (sulfide) groups is 1. The lowest BCUT2D eigenvalue weighted by Crippen LogP contribution is -2.52.